The Labute approximate surface area is 142 Å². The normalized spacial score (nSPS) is 9.61. The van der Waals surface area contributed by atoms with Crippen molar-refractivity contribution in [3.63, 3.8) is 0 Å². The molecule has 1 amide bonds. The maximum atomic E-state index is 11.7. The third-order valence-electron chi connectivity index (χ3n) is 2.52. The topological polar surface area (TPSA) is 158 Å². The predicted molar refractivity (Wildman–Crippen MR) is 90.4 cm³/mol. The number of aliphatic imine (C=N–C) groups is 1. The van der Waals surface area contributed by atoms with Crippen LogP contribution in [0.2, 0.25) is 5.15 Å². The summed E-state index contributed by atoms with van der Waals surface area (Å²) in [4.78, 5) is 26.8. The van der Waals surface area contributed by atoms with Crippen LogP contribution in [0.4, 0.5) is 11.6 Å². The van der Waals surface area contributed by atoms with Gasteiger partial charge in [-0.3, -0.25) is 9.78 Å². The number of nitrogens with zero attached hydrogens (tertiary/aromatic N) is 4. The Bertz CT molecular complexity index is 719. The van der Waals surface area contributed by atoms with E-state index < -0.39 is 11.9 Å². The minimum Gasteiger partial charge on any atom is -0.382 e. The van der Waals surface area contributed by atoms with Gasteiger partial charge in [0.25, 0.3) is 0 Å². The lowest BCUT2D eigenvalue weighted by Gasteiger charge is -2.09. The van der Waals surface area contributed by atoms with E-state index in [9.17, 15) is 4.79 Å². The highest BCUT2D eigenvalue weighted by Crippen LogP contribution is 2.21. The number of halogens is 2. The summed E-state index contributed by atoms with van der Waals surface area (Å²) in [6.07, 6.45) is 3.32. The number of carbonyl (C=O) groups is 1. The first-order chi connectivity index (χ1) is 10.5. The van der Waals surface area contributed by atoms with E-state index in [1.807, 2.05) is 12.1 Å². The summed E-state index contributed by atoms with van der Waals surface area (Å²) in [5.41, 5.74) is 16.7. The van der Waals surface area contributed by atoms with Gasteiger partial charge in [0, 0.05) is 18.9 Å². The Morgan fingerprint density at radius 2 is 1.91 bits per heavy atom. The quantitative estimate of drug-likeness (QED) is 0.456. The van der Waals surface area contributed by atoms with Crippen LogP contribution in [0.15, 0.2) is 29.5 Å². The number of aromatic nitrogens is 3. The fourth-order valence-corrected chi connectivity index (χ4v) is 1.75. The van der Waals surface area contributed by atoms with Crippen LogP contribution in [0, 0.1) is 0 Å². The first-order valence-corrected chi connectivity index (χ1v) is 6.45. The van der Waals surface area contributed by atoms with Gasteiger partial charge in [0.1, 0.15) is 0 Å². The molecule has 0 unspecified atom stereocenters. The number of amides is 1. The molecule has 7 N–H and O–H groups in total. The second kappa shape index (κ2) is 8.11. The van der Waals surface area contributed by atoms with Crippen molar-refractivity contribution in [1.29, 1.82) is 0 Å². The molecule has 2 heterocycles. The number of anilines is 2. The highest BCUT2D eigenvalue weighted by Gasteiger charge is 2.16. The molecule has 0 aliphatic rings. The third kappa shape index (κ3) is 4.94. The summed E-state index contributed by atoms with van der Waals surface area (Å²) in [5, 5.41) is 2.95. The molecule has 0 spiro atoms. The number of nitrogens with two attached hydrogens (primary N) is 3. The Morgan fingerprint density at radius 3 is 2.52 bits per heavy atom. The molecular weight excluding hydrogens is 343 g/mol. The summed E-state index contributed by atoms with van der Waals surface area (Å²) in [6.45, 7) is 0.442. The molecule has 23 heavy (non-hydrogen) atoms. The van der Waals surface area contributed by atoms with Crippen molar-refractivity contribution in [3.8, 4) is 0 Å². The average Bonchev–Trinajstić information content (AvgIpc) is 2.48. The molecule has 2 rings (SSSR count). The van der Waals surface area contributed by atoms with Crippen molar-refractivity contribution in [3.05, 3.63) is 40.9 Å². The van der Waals surface area contributed by atoms with Crippen LogP contribution in [0.3, 0.4) is 0 Å². The summed E-state index contributed by atoms with van der Waals surface area (Å²) in [6, 6.07) is 3.66. The SMILES string of the molecule is Cl.NC(N)=NC(=O)c1nc(Cl)c(NCc2ccncc2)nc1N. The van der Waals surface area contributed by atoms with Crippen LogP contribution in [-0.2, 0) is 6.54 Å². The van der Waals surface area contributed by atoms with Crippen molar-refractivity contribution in [1.82, 2.24) is 15.0 Å². The van der Waals surface area contributed by atoms with Gasteiger partial charge in [-0.15, -0.1) is 12.4 Å². The van der Waals surface area contributed by atoms with Crippen LogP contribution in [0.1, 0.15) is 16.1 Å². The van der Waals surface area contributed by atoms with E-state index in [1.165, 1.54) is 0 Å². The molecule has 2 aromatic rings. The highest BCUT2D eigenvalue weighted by atomic mass is 35.5. The van der Waals surface area contributed by atoms with Crippen molar-refractivity contribution < 1.29 is 4.79 Å². The first-order valence-electron chi connectivity index (χ1n) is 6.07. The Hall–Kier alpha value is -2.65. The number of pyridine rings is 1. The molecule has 0 atom stereocenters. The maximum Gasteiger partial charge on any atom is 0.302 e. The lowest BCUT2D eigenvalue weighted by atomic mass is 10.3. The van der Waals surface area contributed by atoms with Crippen LogP contribution >= 0.6 is 24.0 Å². The van der Waals surface area contributed by atoms with Gasteiger partial charge in [-0.2, -0.15) is 4.99 Å². The van der Waals surface area contributed by atoms with E-state index in [0.29, 0.717) is 6.54 Å². The largest absolute Gasteiger partial charge is 0.382 e. The van der Waals surface area contributed by atoms with Gasteiger partial charge in [0.2, 0.25) is 0 Å². The molecule has 0 aromatic carbocycles. The number of hydrogen-bond donors (Lipinski definition) is 4. The third-order valence-corrected chi connectivity index (χ3v) is 2.79. The number of nitrogens with one attached hydrogen (secondary N) is 1. The van der Waals surface area contributed by atoms with Gasteiger partial charge in [-0.1, -0.05) is 11.6 Å². The van der Waals surface area contributed by atoms with Crippen LogP contribution in [0.5, 0.6) is 0 Å². The molecule has 0 radical (unpaired) electrons. The lowest BCUT2D eigenvalue weighted by Crippen LogP contribution is -2.24. The van der Waals surface area contributed by atoms with Gasteiger partial charge in [0.05, 0.1) is 0 Å². The second-order valence-electron chi connectivity index (χ2n) is 4.15. The van der Waals surface area contributed by atoms with Crippen molar-refractivity contribution in [2.45, 2.75) is 6.54 Å². The molecule has 0 saturated heterocycles. The number of nitrogen functional groups attached to an aromatic ring is 1. The molecular formula is C12H14Cl2N8O. The number of guanidine groups is 1. The Morgan fingerprint density at radius 1 is 1.26 bits per heavy atom. The molecule has 0 bridgehead atoms. The van der Waals surface area contributed by atoms with Crippen molar-refractivity contribution in [2.24, 2.45) is 16.5 Å². The number of rotatable bonds is 4. The minimum absolute atomic E-state index is 0. The number of carbonyl (C=O) groups excluding carboxylic acids is 1. The summed E-state index contributed by atoms with van der Waals surface area (Å²) < 4.78 is 0. The van der Waals surface area contributed by atoms with Gasteiger partial charge in [-0.25, -0.2) is 9.97 Å². The molecule has 122 valence electrons. The molecule has 0 saturated carbocycles. The maximum absolute atomic E-state index is 11.7. The molecule has 11 heteroatoms. The summed E-state index contributed by atoms with van der Waals surface area (Å²) in [5.74, 6) is -1.09. The first kappa shape index (κ1) is 18.4. The zero-order valence-corrected chi connectivity index (χ0v) is 13.3. The van der Waals surface area contributed by atoms with Crippen LogP contribution in [-0.4, -0.2) is 26.8 Å². The van der Waals surface area contributed by atoms with Crippen LogP contribution < -0.4 is 22.5 Å². The fourth-order valence-electron chi connectivity index (χ4n) is 1.55. The fraction of sp³-hybridized carbons (Fsp3) is 0.0833. The van der Waals surface area contributed by atoms with Crippen molar-refractivity contribution >= 4 is 47.5 Å². The van der Waals surface area contributed by atoms with E-state index in [0.717, 1.165) is 5.56 Å². The summed E-state index contributed by atoms with van der Waals surface area (Å²) in [7, 11) is 0. The Kier molecular flexibility index (Phi) is 6.49. The molecule has 0 aliphatic heterocycles. The molecule has 0 fully saturated rings. The van der Waals surface area contributed by atoms with Gasteiger partial charge < -0.3 is 22.5 Å². The van der Waals surface area contributed by atoms with Crippen molar-refractivity contribution in [2.75, 3.05) is 11.1 Å². The molecule has 0 aliphatic carbocycles. The standard InChI is InChI=1S/C12H13ClN8O.ClH/c13-8-10(18-5-6-1-3-17-4-2-6)20-9(14)7(19-8)11(22)21-12(15)16;/h1-4H,5H2,(H3,14,18,20)(H4,15,16,21,22);1H. The van der Waals surface area contributed by atoms with Gasteiger partial charge in [-0.05, 0) is 17.7 Å². The van der Waals surface area contributed by atoms with E-state index in [2.05, 4.69) is 25.3 Å². The van der Waals surface area contributed by atoms with Gasteiger partial charge >= 0.3 is 5.91 Å². The van der Waals surface area contributed by atoms with E-state index in [1.54, 1.807) is 12.4 Å². The van der Waals surface area contributed by atoms with E-state index in [4.69, 9.17) is 28.8 Å². The minimum atomic E-state index is -0.812. The summed E-state index contributed by atoms with van der Waals surface area (Å²) >= 11 is 5.98. The highest BCUT2D eigenvalue weighted by molar-refractivity contribution is 6.32. The number of hydrogen-bond acceptors (Lipinski definition) is 6. The predicted octanol–water partition coefficient (Wildman–Crippen LogP) is 0.555. The van der Waals surface area contributed by atoms with E-state index >= 15 is 0 Å². The van der Waals surface area contributed by atoms with Crippen LogP contribution in [0.25, 0.3) is 0 Å². The monoisotopic (exact) mass is 356 g/mol. The second-order valence-corrected chi connectivity index (χ2v) is 4.51. The smallest absolute Gasteiger partial charge is 0.302 e. The lowest BCUT2D eigenvalue weighted by molar-refractivity contribution is 0.0998. The average molecular weight is 357 g/mol. The Balaban J connectivity index is 0.00000264. The zero-order chi connectivity index (χ0) is 16.1. The van der Waals surface area contributed by atoms with E-state index in [-0.39, 0.29) is 34.9 Å². The molecule has 9 nitrogen and oxygen atoms in total. The van der Waals surface area contributed by atoms with Gasteiger partial charge in [0.15, 0.2) is 28.4 Å². The zero-order valence-electron chi connectivity index (χ0n) is 11.7. The molecule has 2 aromatic heterocycles.